The van der Waals surface area contributed by atoms with Crippen LogP contribution in [0.3, 0.4) is 0 Å². The molecule has 1 heterocycles. The van der Waals surface area contributed by atoms with Crippen LogP contribution in [0.2, 0.25) is 0 Å². The van der Waals surface area contributed by atoms with E-state index in [2.05, 4.69) is 9.36 Å². The SMILES string of the molecule is Cc1nsc(OC2CCCC2CN)n1. The van der Waals surface area contributed by atoms with Gasteiger partial charge in [-0.2, -0.15) is 9.36 Å². The fourth-order valence-electron chi connectivity index (χ4n) is 1.88. The number of hydrogen-bond acceptors (Lipinski definition) is 5. The third-order valence-electron chi connectivity index (χ3n) is 2.65. The number of nitrogens with zero attached hydrogens (tertiary/aromatic N) is 2. The van der Waals surface area contributed by atoms with E-state index in [1.165, 1.54) is 24.4 Å². The van der Waals surface area contributed by atoms with Crippen LogP contribution >= 0.6 is 11.5 Å². The van der Waals surface area contributed by atoms with Crippen LogP contribution in [0.1, 0.15) is 25.1 Å². The number of ether oxygens (including phenoxy) is 1. The molecular weight excluding hydrogens is 198 g/mol. The Morgan fingerprint density at radius 3 is 3.07 bits per heavy atom. The lowest BCUT2D eigenvalue weighted by atomic mass is 10.1. The van der Waals surface area contributed by atoms with E-state index in [4.69, 9.17) is 10.5 Å². The molecule has 1 aliphatic rings. The van der Waals surface area contributed by atoms with Crippen molar-refractivity contribution in [3.8, 4) is 5.19 Å². The van der Waals surface area contributed by atoms with Crippen molar-refractivity contribution in [3.63, 3.8) is 0 Å². The zero-order valence-electron chi connectivity index (χ0n) is 8.27. The number of aryl methyl sites for hydroxylation is 1. The molecule has 1 saturated carbocycles. The van der Waals surface area contributed by atoms with E-state index in [1.54, 1.807) is 0 Å². The van der Waals surface area contributed by atoms with Gasteiger partial charge in [0.1, 0.15) is 11.9 Å². The van der Waals surface area contributed by atoms with Gasteiger partial charge < -0.3 is 10.5 Å². The van der Waals surface area contributed by atoms with Gasteiger partial charge in [-0.05, 0) is 32.7 Å². The van der Waals surface area contributed by atoms with Gasteiger partial charge in [0.05, 0.1) is 0 Å². The van der Waals surface area contributed by atoms with E-state index in [1.807, 2.05) is 6.92 Å². The van der Waals surface area contributed by atoms with Crippen molar-refractivity contribution in [1.82, 2.24) is 9.36 Å². The molecule has 14 heavy (non-hydrogen) atoms. The smallest absolute Gasteiger partial charge is 0.293 e. The maximum atomic E-state index is 5.76. The van der Waals surface area contributed by atoms with Gasteiger partial charge >= 0.3 is 0 Å². The summed E-state index contributed by atoms with van der Waals surface area (Å²) in [6.45, 7) is 2.58. The zero-order chi connectivity index (χ0) is 9.97. The summed E-state index contributed by atoms with van der Waals surface area (Å²) in [6, 6.07) is 0. The topological polar surface area (TPSA) is 61.0 Å². The van der Waals surface area contributed by atoms with Crippen molar-refractivity contribution >= 4 is 11.5 Å². The maximum absolute atomic E-state index is 5.76. The molecule has 0 aromatic carbocycles. The Hall–Kier alpha value is -0.680. The quantitative estimate of drug-likeness (QED) is 0.823. The first-order valence-corrected chi connectivity index (χ1v) is 5.74. The Morgan fingerprint density at radius 1 is 1.57 bits per heavy atom. The van der Waals surface area contributed by atoms with Crippen molar-refractivity contribution in [1.29, 1.82) is 0 Å². The average molecular weight is 213 g/mol. The van der Waals surface area contributed by atoms with Crippen LogP contribution in [0, 0.1) is 12.8 Å². The van der Waals surface area contributed by atoms with Gasteiger partial charge in [-0.25, -0.2) is 0 Å². The Balaban J connectivity index is 1.96. The lowest BCUT2D eigenvalue weighted by Crippen LogP contribution is -2.27. The predicted molar refractivity (Wildman–Crippen MR) is 55.5 cm³/mol. The highest BCUT2D eigenvalue weighted by Crippen LogP contribution is 2.29. The first kappa shape index (κ1) is 9.86. The van der Waals surface area contributed by atoms with E-state index in [-0.39, 0.29) is 6.10 Å². The molecule has 0 aliphatic heterocycles. The Kier molecular flexibility index (Phi) is 2.98. The second kappa shape index (κ2) is 4.23. The monoisotopic (exact) mass is 213 g/mol. The second-order valence-electron chi connectivity index (χ2n) is 3.69. The highest BCUT2D eigenvalue weighted by atomic mass is 32.1. The Labute approximate surface area is 87.7 Å². The van der Waals surface area contributed by atoms with Gasteiger partial charge in [-0.3, -0.25) is 0 Å². The number of rotatable bonds is 3. The molecule has 5 heteroatoms. The molecule has 1 aromatic heterocycles. The third-order valence-corrected chi connectivity index (χ3v) is 3.35. The molecule has 4 nitrogen and oxygen atoms in total. The normalized spacial score (nSPS) is 26.7. The lowest BCUT2D eigenvalue weighted by Gasteiger charge is -2.17. The first-order valence-electron chi connectivity index (χ1n) is 4.96. The molecule has 1 aliphatic carbocycles. The van der Waals surface area contributed by atoms with Crippen LogP contribution in [0.25, 0.3) is 0 Å². The fraction of sp³-hybridized carbons (Fsp3) is 0.778. The minimum Gasteiger partial charge on any atom is -0.465 e. The van der Waals surface area contributed by atoms with Gasteiger partial charge in [0.2, 0.25) is 0 Å². The van der Waals surface area contributed by atoms with Crippen molar-refractivity contribution in [2.24, 2.45) is 11.7 Å². The highest BCUT2D eigenvalue weighted by molar-refractivity contribution is 7.07. The molecule has 0 bridgehead atoms. The standard InChI is InChI=1S/C9H15N3OS/c1-6-11-9(14-12-6)13-8-4-2-3-7(8)5-10/h7-8H,2-5,10H2,1H3. The molecule has 2 unspecified atom stereocenters. The van der Waals surface area contributed by atoms with Crippen LogP contribution in [-0.4, -0.2) is 22.0 Å². The predicted octanol–water partition coefficient (Wildman–Crippen LogP) is 1.35. The van der Waals surface area contributed by atoms with Gasteiger partial charge in [0, 0.05) is 17.5 Å². The van der Waals surface area contributed by atoms with E-state index in [9.17, 15) is 0 Å². The molecular formula is C9H15N3OS. The summed E-state index contributed by atoms with van der Waals surface area (Å²) in [4.78, 5) is 4.19. The summed E-state index contributed by atoms with van der Waals surface area (Å²) in [6.07, 6.45) is 3.75. The van der Waals surface area contributed by atoms with Crippen LogP contribution in [0.15, 0.2) is 0 Å². The van der Waals surface area contributed by atoms with Crippen LogP contribution in [0.4, 0.5) is 0 Å². The molecule has 1 fully saturated rings. The van der Waals surface area contributed by atoms with Crippen LogP contribution < -0.4 is 10.5 Å². The lowest BCUT2D eigenvalue weighted by molar-refractivity contribution is 0.161. The molecule has 0 saturated heterocycles. The van der Waals surface area contributed by atoms with E-state index in [0.717, 1.165) is 12.2 Å². The van der Waals surface area contributed by atoms with Gasteiger partial charge in [-0.15, -0.1) is 0 Å². The van der Waals surface area contributed by atoms with E-state index < -0.39 is 0 Å². The summed E-state index contributed by atoms with van der Waals surface area (Å²) in [7, 11) is 0. The van der Waals surface area contributed by atoms with Crippen molar-refractivity contribution < 1.29 is 4.74 Å². The molecule has 1 aromatic rings. The summed E-state index contributed by atoms with van der Waals surface area (Å²) in [5, 5.41) is 0.688. The summed E-state index contributed by atoms with van der Waals surface area (Å²) in [5.41, 5.74) is 5.67. The summed E-state index contributed by atoms with van der Waals surface area (Å²) in [5.74, 6) is 1.28. The minimum absolute atomic E-state index is 0.257. The second-order valence-corrected chi connectivity index (χ2v) is 4.40. The fourth-order valence-corrected chi connectivity index (χ4v) is 2.47. The van der Waals surface area contributed by atoms with E-state index >= 15 is 0 Å². The molecule has 0 spiro atoms. The molecule has 0 radical (unpaired) electrons. The van der Waals surface area contributed by atoms with Gasteiger partial charge in [0.25, 0.3) is 5.19 Å². The molecule has 0 amide bonds. The zero-order valence-corrected chi connectivity index (χ0v) is 9.09. The maximum Gasteiger partial charge on any atom is 0.293 e. The average Bonchev–Trinajstić information content (AvgIpc) is 2.76. The number of aromatic nitrogens is 2. The van der Waals surface area contributed by atoms with E-state index in [0.29, 0.717) is 17.7 Å². The Bertz CT molecular complexity index is 302. The van der Waals surface area contributed by atoms with Gasteiger partial charge in [-0.1, -0.05) is 0 Å². The minimum atomic E-state index is 0.257. The third kappa shape index (κ3) is 2.04. The number of nitrogens with two attached hydrogens (primary N) is 1. The Morgan fingerprint density at radius 2 is 2.43 bits per heavy atom. The summed E-state index contributed by atoms with van der Waals surface area (Å²) < 4.78 is 9.85. The van der Waals surface area contributed by atoms with Crippen molar-refractivity contribution in [3.05, 3.63) is 5.82 Å². The van der Waals surface area contributed by atoms with Crippen LogP contribution in [-0.2, 0) is 0 Å². The first-order chi connectivity index (χ1) is 6.79. The molecule has 2 rings (SSSR count). The van der Waals surface area contributed by atoms with Crippen molar-refractivity contribution in [2.75, 3.05) is 6.54 Å². The largest absolute Gasteiger partial charge is 0.465 e. The highest BCUT2D eigenvalue weighted by Gasteiger charge is 2.28. The molecule has 2 atom stereocenters. The van der Waals surface area contributed by atoms with Crippen LogP contribution in [0.5, 0.6) is 5.19 Å². The van der Waals surface area contributed by atoms with Crippen molar-refractivity contribution in [2.45, 2.75) is 32.3 Å². The number of hydrogen-bond donors (Lipinski definition) is 1. The summed E-state index contributed by atoms with van der Waals surface area (Å²) >= 11 is 1.32. The molecule has 2 N–H and O–H groups in total. The van der Waals surface area contributed by atoms with Gasteiger partial charge in [0.15, 0.2) is 0 Å². The molecule has 78 valence electrons.